The predicted octanol–water partition coefficient (Wildman–Crippen LogP) is 3.59. The van der Waals surface area contributed by atoms with Crippen molar-refractivity contribution in [2.75, 3.05) is 19.8 Å². The monoisotopic (exact) mass is 368 g/mol. The third kappa shape index (κ3) is 5.01. The molecule has 0 radical (unpaired) electrons. The topological polar surface area (TPSA) is 64.8 Å². The molecule has 0 aromatic heterocycles. The van der Waals surface area contributed by atoms with Gasteiger partial charge >= 0.3 is 0 Å². The third-order valence-electron chi connectivity index (χ3n) is 4.85. The van der Waals surface area contributed by atoms with E-state index in [0.717, 1.165) is 13.1 Å². The van der Waals surface area contributed by atoms with E-state index in [9.17, 15) is 4.79 Å². The first-order chi connectivity index (χ1) is 13.1. The summed E-state index contributed by atoms with van der Waals surface area (Å²) < 4.78 is 11.2. The van der Waals surface area contributed by atoms with Crippen molar-refractivity contribution in [3.05, 3.63) is 59.2 Å². The minimum absolute atomic E-state index is 0.152. The van der Waals surface area contributed by atoms with Crippen LogP contribution in [0.25, 0.3) is 0 Å². The second-order valence-corrected chi connectivity index (χ2v) is 7.01. The highest BCUT2D eigenvalue weighted by molar-refractivity contribution is 5.75. The Bertz CT molecular complexity index is 791. The van der Waals surface area contributed by atoms with E-state index in [-0.39, 0.29) is 6.61 Å². The molecule has 0 unspecified atom stereocenters. The normalized spacial score (nSPS) is 17.0. The van der Waals surface area contributed by atoms with Crippen molar-refractivity contribution >= 4 is 5.91 Å². The quantitative estimate of drug-likeness (QED) is 0.773. The van der Waals surface area contributed by atoms with E-state index in [4.69, 9.17) is 15.2 Å². The zero-order chi connectivity index (χ0) is 19.2. The molecule has 1 fully saturated rings. The maximum absolute atomic E-state index is 11.0. The smallest absolute Gasteiger partial charge is 0.255 e. The van der Waals surface area contributed by atoms with E-state index in [2.05, 4.69) is 36.1 Å². The van der Waals surface area contributed by atoms with Gasteiger partial charge in [0.15, 0.2) is 18.1 Å². The average Bonchev–Trinajstić information content (AvgIpc) is 3.09. The summed E-state index contributed by atoms with van der Waals surface area (Å²) in [5, 5.41) is 0. The molecule has 2 aromatic rings. The molecule has 1 amide bonds. The number of carbonyl (C=O) groups is 1. The largest absolute Gasteiger partial charge is 0.490 e. The zero-order valence-corrected chi connectivity index (χ0v) is 16.1. The SMILES string of the molecule is CCOc1cc(CN2CCC[C@H]2c2cccc(C)c2)ccc1OCC(N)=O. The number of hydrogen-bond donors (Lipinski definition) is 1. The number of carbonyl (C=O) groups excluding carboxylic acids is 1. The van der Waals surface area contributed by atoms with Gasteiger partial charge in [-0.2, -0.15) is 0 Å². The van der Waals surface area contributed by atoms with Crippen LogP contribution < -0.4 is 15.2 Å². The molecule has 5 heteroatoms. The average molecular weight is 368 g/mol. The molecular weight excluding hydrogens is 340 g/mol. The number of nitrogens with two attached hydrogens (primary N) is 1. The summed E-state index contributed by atoms with van der Waals surface area (Å²) in [6.07, 6.45) is 2.39. The highest BCUT2D eigenvalue weighted by Crippen LogP contribution is 2.35. The molecule has 0 saturated carbocycles. The minimum atomic E-state index is -0.500. The molecule has 0 bridgehead atoms. The zero-order valence-electron chi connectivity index (χ0n) is 16.1. The number of rotatable bonds is 8. The fourth-order valence-corrected chi connectivity index (χ4v) is 3.69. The van der Waals surface area contributed by atoms with Gasteiger partial charge in [0.25, 0.3) is 5.91 Å². The van der Waals surface area contributed by atoms with Crippen LogP contribution in [0.1, 0.15) is 42.5 Å². The van der Waals surface area contributed by atoms with Crippen LogP contribution in [0.4, 0.5) is 0 Å². The van der Waals surface area contributed by atoms with Gasteiger partial charge in [0.05, 0.1) is 6.61 Å². The summed E-state index contributed by atoms with van der Waals surface area (Å²) in [4.78, 5) is 13.5. The molecule has 1 aliphatic heterocycles. The van der Waals surface area contributed by atoms with E-state index < -0.39 is 5.91 Å². The molecule has 0 spiro atoms. The number of primary amides is 1. The molecule has 1 saturated heterocycles. The molecule has 1 heterocycles. The summed E-state index contributed by atoms with van der Waals surface area (Å²) in [6.45, 7) is 6.39. The van der Waals surface area contributed by atoms with E-state index >= 15 is 0 Å². The van der Waals surface area contributed by atoms with Crippen LogP contribution in [0.2, 0.25) is 0 Å². The van der Waals surface area contributed by atoms with Gasteiger partial charge in [0.1, 0.15) is 0 Å². The number of hydrogen-bond acceptors (Lipinski definition) is 4. The first-order valence-electron chi connectivity index (χ1n) is 9.54. The first kappa shape index (κ1) is 19.2. The number of amides is 1. The lowest BCUT2D eigenvalue weighted by Crippen LogP contribution is -2.23. The van der Waals surface area contributed by atoms with Gasteiger partial charge < -0.3 is 15.2 Å². The standard InChI is InChI=1S/C22H28N2O3/c1-3-26-21-13-17(9-10-20(21)27-15-22(23)25)14-24-11-5-8-19(24)18-7-4-6-16(2)12-18/h4,6-7,9-10,12-13,19H,3,5,8,11,14-15H2,1-2H3,(H2,23,25)/t19-/m0/s1. The van der Waals surface area contributed by atoms with Crippen LogP contribution in [0, 0.1) is 6.92 Å². The van der Waals surface area contributed by atoms with Crippen molar-refractivity contribution in [2.24, 2.45) is 5.73 Å². The lowest BCUT2D eigenvalue weighted by Gasteiger charge is -2.25. The Morgan fingerprint density at radius 1 is 1.19 bits per heavy atom. The maximum Gasteiger partial charge on any atom is 0.255 e. The number of ether oxygens (including phenoxy) is 2. The second kappa shape index (κ2) is 8.91. The maximum atomic E-state index is 11.0. The summed E-state index contributed by atoms with van der Waals surface area (Å²) in [5.74, 6) is 0.707. The number of aryl methyl sites for hydroxylation is 1. The summed E-state index contributed by atoms with van der Waals surface area (Å²) >= 11 is 0. The Morgan fingerprint density at radius 3 is 2.78 bits per heavy atom. The lowest BCUT2D eigenvalue weighted by molar-refractivity contribution is -0.119. The van der Waals surface area contributed by atoms with Crippen molar-refractivity contribution in [3.63, 3.8) is 0 Å². The minimum Gasteiger partial charge on any atom is -0.490 e. The Morgan fingerprint density at radius 2 is 2.04 bits per heavy atom. The molecule has 5 nitrogen and oxygen atoms in total. The van der Waals surface area contributed by atoms with Gasteiger partial charge in [0.2, 0.25) is 0 Å². The van der Waals surface area contributed by atoms with Crippen LogP contribution in [0.15, 0.2) is 42.5 Å². The van der Waals surface area contributed by atoms with Gasteiger partial charge in [0, 0.05) is 12.6 Å². The Balaban J connectivity index is 1.75. The molecule has 1 aliphatic rings. The van der Waals surface area contributed by atoms with E-state index in [1.165, 1.54) is 29.5 Å². The number of likely N-dealkylation sites (tertiary alicyclic amines) is 1. The number of benzene rings is 2. The fraction of sp³-hybridized carbons (Fsp3) is 0.409. The summed E-state index contributed by atoms with van der Waals surface area (Å²) in [5.41, 5.74) is 9.03. The fourth-order valence-electron chi connectivity index (χ4n) is 3.69. The van der Waals surface area contributed by atoms with Crippen LogP contribution in [0.5, 0.6) is 11.5 Å². The Labute approximate surface area is 161 Å². The molecular formula is C22H28N2O3. The Hall–Kier alpha value is -2.53. The third-order valence-corrected chi connectivity index (χ3v) is 4.85. The van der Waals surface area contributed by atoms with Crippen molar-refractivity contribution in [2.45, 2.75) is 39.3 Å². The molecule has 144 valence electrons. The van der Waals surface area contributed by atoms with Gasteiger partial charge in [-0.3, -0.25) is 9.69 Å². The highest BCUT2D eigenvalue weighted by Gasteiger charge is 2.26. The molecule has 2 N–H and O–H groups in total. The summed E-state index contributed by atoms with van der Waals surface area (Å²) in [7, 11) is 0. The number of nitrogens with zero attached hydrogens (tertiary/aromatic N) is 1. The van der Waals surface area contributed by atoms with Crippen molar-refractivity contribution < 1.29 is 14.3 Å². The van der Waals surface area contributed by atoms with E-state index in [0.29, 0.717) is 24.1 Å². The van der Waals surface area contributed by atoms with Gasteiger partial charge in [-0.1, -0.05) is 35.9 Å². The van der Waals surface area contributed by atoms with E-state index in [1.807, 2.05) is 25.1 Å². The highest BCUT2D eigenvalue weighted by atomic mass is 16.5. The van der Waals surface area contributed by atoms with Gasteiger partial charge in [-0.15, -0.1) is 0 Å². The van der Waals surface area contributed by atoms with E-state index in [1.54, 1.807) is 0 Å². The van der Waals surface area contributed by atoms with Crippen molar-refractivity contribution in [1.82, 2.24) is 4.90 Å². The van der Waals surface area contributed by atoms with Crippen LogP contribution in [-0.4, -0.2) is 30.6 Å². The summed E-state index contributed by atoms with van der Waals surface area (Å²) in [6, 6.07) is 15.1. The molecule has 3 rings (SSSR count). The first-order valence-corrected chi connectivity index (χ1v) is 9.54. The lowest BCUT2D eigenvalue weighted by atomic mass is 10.0. The molecule has 27 heavy (non-hydrogen) atoms. The molecule has 0 aliphatic carbocycles. The van der Waals surface area contributed by atoms with Crippen molar-refractivity contribution in [3.8, 4) is 11.5 Å². The van der Waals surface area contributed by atoms with Gasteiger partial charge in [-0.05, 0) is 56.5 Å². The van der Waals surface area contributed by atoms with Crippen LogP contribution in [-0.2, 0) is 11.3 Å². The van der Waals surface area contributed by atoms with Crippen LogP contribution in [0.3, 0.4) is 0 Å². The molecule has 2 aromatic carbocycles. The second-order valence-electron chi connectivity index (χ2n) is 7.01. The molecule has 1 atom stereocenters. The van der Waals surface area contributed by atoms with Crippen molar-refractivity contribution in [1.29, 1.82) is 0 Å². The predicted molar refractivity (Wildman–Crippen MR) is 106 cm³/mol. The Kier molecular flexibility index (Phi) is 6.35. The van der Waals surface area contributed by atoms with Crippen LogP contribution >= 0.6 is 0 Å². The van der Waals surface area contributed by atoms with Gasteiger partial charge in [-0.25, -0.2) is 0 Å².